The molecule has 2 heteroatoms. The van der Waals surface area contributed by atoms with Crippen LogP contribution in [0.3, 0.4) is 0 Å². The SMILES string of the molecule is CCC.Cc1nc2c(C3=CC=CCC=C3)cccc2o1. The fourth-order valence-corrected chi connectivity index (χ4v) is 2.05. The van der Waals surface area contributed by atoms with Gasteiger partial charge in [-0.05, 0) is 18.1 Å². The van der Waals surface area contributed by atoms with Crippen molar-refractivity contribution in [2.75, 3.05) is 0 Å². The minimum Gasteiger partial charge on any atom is -0.441 e. The molecule has 1 aliphatic rings. The molecule has 1 aliphatic carbocycles. The molecule has 0 saturated heterocycles. The van der Waals surface area contributed by atoms with Crippen LogP contribution in [0.2, 0.25) is 0 Å². The maximum atomic E-state index is 5.55. The molecular weight excluding hydrogens is 246 g/mol. The van der Waals surface area contributed by atoms with Crippen molar-refractivity contribution < 1.29 is 4.42 Å². The van der Waals surface area contributed by atoms with E-state index in [9.17, 15) is 0 Å². The highest BCUT2D eigenvalue weighted by atomic mass is 16.3. The summed E-state index contributed by atoms with van der Waals surface area (Å²) < 4.78 is 5.55. The zero-order valence-corrected chi connectivity index (χ0v) is 12.4. The van der Waals surface area contributed by atoms with Crippen molar-refractivity contribution in [3.05, 3.63) is 60.0 Å². The lowest BCUT2D eigenvalue weighted by Crippen LogP contribution is -1.83. The van der Waals surface area contributed by atoms with Crippen molar-refractivity contribution in [2.45, 2.75) is 33.6 Å². The van der Waals surface area contributed by atoms with E-state index in [0.29, 0.717) is 5.89 Å². The Morgan fingerprint density at radius 1 is 1.20 bits per heavy atom. The largest absolute Gasteiger partial charge is 0.441 e. The molecule has 0 bridgehead atoms. The number of benzene rings is 1. The van der Waals surface area contributed by atoms with E-state index in [2.05, 4.69) is 55.3 Å². The average Bonchev–Trinajstić information content (AvgIpc) is 2.64. The first kappa shape index (κ1) is 14.3. The monoisotopic (exact) mass is 267 g/mol. The Bertz CT molecular complexity index is 659. The standard InChI is InChI=1S/C15H13NO.C3H8/c1-11-16-15-13(9-6-10-14(15)17-11)12-7-4-2-3-5-8-12;1-3-2/h2,4-10H,3H2,1H3;3H2,1-2H3. The van der Waals surface area contributed by atoms with Gasteiger partial charge >= 0.3 is 0 Å². The molecule has 0 fully saturated rings. The molecule has 0 aliphatic heterocycles. The topological polar surface area (TPSA) is 26.0 Å². The summed E-state index contributed by atoms with van der Waals surface area (Å²) in [4.78, 5) is 4.45. The van der Waals surface area contributed by atoms with Crippen molar-refractivity contribution in [3.8, 4) is 0 Å². The van der Waals surface area contributed by atoms with Crippen LogP contribution in [-0.2, 0) is 0 Å². The smallest absolute Gasteiger partial charge is 0.192 e. The third-order valence-corrected chi connectivity index (χ3v) is 2.82. The van der Waals surface area contributed by atoms with Crippen molar-refractivity contribution >= 4 is 16.7 Å². The van der Waals surface area contributed by atoms with E-state index >= 15 is 0 Å². The Kier molecular flexibility index (Phi) is 4.94. The number of rotatable bonds is 1. The summed E-state index contributed by atoms with van der Waals surface area (Å²) in [6.07, 6.45) is 12.9. The number of para-hydroxylation sites is 1. The van der Waals surface area contributed by atoms with Crippen molar-refractivity contribution in [1.82, 2.24) is 4.98 Å². The molecule has 0 radical (unpaired) electrons. The number of fused-ring (bicyclic) bond motifs is 1. The van der Waals surface area contributed by atoms with E-state index in [1.165, 1.54) is 12.0 Å². The van der Waals surface area contributed by atoms with Crippen LogP contribution < -0.4 is 0 Å². The molecule has 104 valence electrons. The molecule has 0 amide bonds. The van der Waals surface area contributed by atoms with E-state index in [0.717, 1.165) is 23.1 Å². The van der Waals surface area contributed by atoms with Gasteiger partial charge in [0.05, 0.1) is 0 Å². The second-order valence-electron chi connectivity index (χ2n) is 4.78. The fourth-order valence-electron chi connectivity index (χ4n) is 2.05. The molecule has 0 spiro atoms. The number of allylic oxidation sites excluding steroid dienone is 6. The van der Waals surface area contributed by atoms with Crippen LogP contribution in [0, 0.1) is 6.92 Å². The van der Waals surface area contributed by atoms with Crippen LogP contribution in [0.15, 0.2) is 53.0 Å². The van der Waals surface area contributed by atoms with Gasteiger partial charge < -0.3 is 4.42 Å². The van der Waals surface area contributed by atoms with Gasteiger partial charge in [0.25, 0.3) is 0 Å². The highest BCUT2D eigenvalue weighted by molar-refractivity contribution is 5.91. The van der Waals surface area contributed by atoms with Gasteiger partial charge in [0.15, 0.2) is 11.5 Å². The molecule has 2 aromatic rings. The van der Waals surface area contributed by atoms with Gasteiger partial charge in [-0.3, -0.25) is 0 Å². The van der Waals surface area contributed by atoms with Gasteiger partial charge in [0, 0.05) is 12.5 Å². The van der Waals surface area contributed by atoms with Crippen molar-refractivity contribution in [1.29, 1.82) is 0 Å². The molecule has 0 saturated carbocycles. The predicted molar refractivity (Wildman–Crippen MR) is 85.6 cm³/mol. The molecule has 20 heavy (non-hydrogen) atoms. The molecule has 0 unspecified atom stereocenters. The molecule has 1 aromatic carbocycles. The van der Waals surface area contributed by atoms with Crippen LogP contribution in [0.25, 0.3) is 16.7 Å². The third-order valence-electron chi connectivity index (χ3n) is 2.82. The Balaban J connectivity index is 0.000000452. The second kappa shape index (κ2) is 6.90. The average molecular weight is 267 g/mol. The quantitative estimate of drug-likeness (QED) is 0.686. The lowest BCUT2D eigenvalue weighted by atomic mass is 10.0. The first-order valence-corrected chi connectivity index (χ1v) is 7.16. The zero-order valence-electron chi connectivity index (χ0n) is 12.4. The molecule has 0 atom stereocenters. The van der Waals surface area contributed by atoms with Gasteiger partial charge in [-0.15, -0.1) is 0 Å². The van der Waals surface area contributed by atoms with E-state index < -0.39 is 0 Å². The lowest BCUT2D eigenvalue weighted by Gasteiger charge is -2.01. The molecule has 1 heterocycles. The number of hydrogen-bond acceptors (Lipinski definition) is 2. The number of hydrogen-bond donors (Lipinski definition) is 0. The van der Waals surface area contributed by atoms with Crippen LogP contribution in [0.5, 0.6) is 0 Å². The summed E-state index contributed by atoms with van der Waals surface area (Å²) in [5.74, 6) is 0.709. The molecule has 2 nitrogen and oxygen atoms in total. The Labute approximate surface area is 120 Å². The normalized spacial score (nSPS) is 13.7. The highest BCUT2D eigenvalue weighted by Crippen LogP contribution is 2.27. The maximum absolute atomic E-state index is 5.55. The van der Waals surface area contributed by atoms with Crippen LogP contribution in [0.4, 0.5) is 0 Å². The zero-order chi connectivity index (χ0) is 14.4. The van der Waals surface area contributed by atoms with Gasteiger partial charge in [0.2, 0.25) is 0 Å². The minimum absolute atomic E-state index is 0.709. The number of oxazole rings is 1. The van der Waals surface area contributed by atoms with E-state index in [-0.39, 0.29) is 0 Å². The Morgan fingerprint density at radius 3 is 2.80 bits per heavy atom. The Hall–Kier alpha value is -2.09. The predicted octanol–water partition coefficient (Wildman–Crippen LogP) is 5.45. The molecular formula is C18H21NO. The summed E-state index contributed by atoms with van der Waals surface area (Å²) in [6.45, 7) is 6.13. The fraction of sp³-hybridized carbons (Fsp3) is 0.278. The summed E-state index contributed by atoms with van der Waals surface area (Å²) in [5, 5.41) is 0. The highest BCUT2D eigenvalue weighted by Gasteiger charge is 2.09. The van der Waals surface area contributed by atoms with Crippen LogP contribution in [0.1, 0.15) is 38.1 Å². The van der Waals surface area contributed by atoms with Gasteiger partial charge in [-0.2, -0.15) is 0 Å². The van der Waals surface area contributed by atoms with Gasteiger partial charge in [0.1, 0.15) is 5.52 Å². The summed E-state index contributed by atoms with van der Waals surface area (Å²) in [7, 11) is 0. The second-order valence-corrected chi connectivity index (χ2v) is 4.78. The first-order chi connectivity index (χ1) is 9.76. The Morgan fingerprint density at radius 2 is 2.00 bits per heavy atom. The van der Waals surface area contributed by atoms with E-state index in [1.54, 1.807) is 0 Å². The van der Waals surface area contributed by atoms with Crippen molar-refractivity contribution in [3.63, 3.8) is 0 Å². The maximum Gasteiger partial charge on any atom is 0.192 e. The van der Waals surface area contributed by atoms with E-state index in [4.69, 9.17) is 4.42 Å². The third kappa shape index (κ3) is 3.27. The van der Waals surface area contributed by atoms with Crippen LogP contribution in [-0.4, -0.2) is 4.98 Å². The van der Waals surface area contributed by atoms with Crippen molar-refractivity contribution in [2.24, 2.45) is 0 Å². The van der Waals surface area contributed by atoms with Crippen LogP contribution >= 0.6 is 0 Å². The van der Waals surface area contributed by atoms with E-state index in [1.807, 2.05) is 19.1 Å². The van der Waals surface area contributed by atoms with Gasteiger partial charge in [-0.1, -0.05) is 62.8 Å². The minimum atomic E-state index is 0.709. The number of aromatic nitrogens is 1. The number of nitrogens with zero attached hydrogens (tertiary/aromatic N) is 1. The molecule has 3 rings (SSSR count). The lowest BCUT2D eigenvalue weighted by molar-refractivity contribution is 0.561. The first-order valence-electron chi connectivity index (χ1n) is 7.16. The summed E-state index contributed by atoms with van der Waals surface area (Å²) in [5.41, 5.74) is 4.10. The molecule has 0 N–H and O–H groups in total. The molecule has 1 aromatic heterocycles. The van der Waals surface area contributed by atoms with Gasteiger partial charge in [-0.25, -0.2) is 4.98 Å². The number of aryl methyl sites for hydroxylation is 1. The summed E-state index contributed by atoms with van der Waals surface area (Å²) >= 11 is 0. The summed E-state index contributed by atoms with van der Waals surface area (Å²) in [6, 6.07) is 6.04.